The molecule has 3 rings (SSSR count). The SMILES string of the molecule is Brc1ccc2c(c1)OCCOCCOCCOCCOCCOc1ccc(Br)cc1OCCOCCOCCO2. The van der Waals surface area contributed by atoms with Gasteiger partial charge >= 0.3 is 0 Å². The molecule has 0 aromatic heterocycles. The maximum absolute atomic E-state index is 5.87. The Morgan fingerprint density at radius 2 is 0.575 bits per heavy atom. The molecule has 0 spiro atoms. The molecule has 1 aliphatic rings. The van der Waals surface area contributed by atoms with Gasteiger partial charge in [0, 0.05) is 8.95 Å². The van der Waals surface area contributed by atoms with Crippen LogP contribution in [0.5, 0.6) is 23.0 Å². The van der Waals surface area contributed by atoms with E-state index in [-0.39, 0.29) is 0 Å². The first-order valence-electron chi connectivity index (χ1n) is 13.3. The molecule has 2 aromatic carbocycles. The second kappa shape index (κ2) is 21.1. The summed E-state index contributed by atoms with van der Waals surface area (Å²) in [4.78, 5) is 0. The molecule has 0 amide bonds. The van der Waals surface area contributed by atoms with Crippen LogP contribution < -0.4 is 18.9 Å². The van der Waals surface area contributed by atoms with Crippen LogP contribution >= 0.6 is 31.9 Å². The third-order valence-electron chi connectivity index (χ3n) is 5.24. The van der Waals surface area contributed by atoms with E-state index in [0.29, 0.717) is 129 Å². The van der Waals surface area contributed by atoms with Gasteiger partial charge in [0.2, 0.25) is 0 Å². The summed E-state index contributed by atoms with van der Waals surface area (Å²) in [6.45, 7) is 7.05. The predicted octanol–water partition coefficient (Wildman–Crippen LogP) is 4.54. The molecule has 40 heavy (non-hydrogen) atoms. The topological polar surface area (TPSA) is 92.3 Å². The summed E-state index contributed by atoms with van der Waals surface area (Å²) in [5.74, 6) is 2.56. The van der Waals surface area contributed by atoms with Gasteiger partial charge in [-0.05, 0) is 36.4 Å². The van der Waals surface area contributed by atoms with Crippen molar-refractivity contribution in [2.45, 2.75) is 0 Å². The second-order valence-electron chi connectivity index (χ2n) is 8.25. The van der Waals surface area contributed by atoms with E-state index in [2.05, 4.69) is 31.9 Å². The zero-order chi connectivity index (χ0) is 28.1. The lowest BCUT2D eigenvalue weighted by Crippen LogP contribution is -2.15. The molecular weight excluding hydrogens is 656 g/mol. The van der Waals surface area contributed by atoms with Crippen molar-refractivity contribution in [1.82, 2.24) is 0 Å². The van der Waals surface area contributed by atoms with Crippen LogP contribution in [0.25, 0.3) is 0 Å². The van der Waals surface area contributed by atoms with E-state index in [0.717, 1.165) is 8.95 Å². The van der Waals surface area contributed by atoms with Gasteiger partial charge in [0.05, 0.1) is 79.3 Å². The van der Waals surface area contributed by atoms with E-state index in [1.807, 2.05) is 36.4 Å². The highest BCUT2D eigenvalue weighted by atomic mass is 79.9. The van der Waals surface area contributed by atoms with E-state index >= 15 is 0 Å². The van der Waals surface area contributed by atoms with Crippen molar-refractivity contribution in [2.24, 2.45) is 0 Å². The van der Waals surface area contributed by atoms with E-state index in [1.165, 1.54) is 0 Å². The first kappa shape index (κ1) is 32.9. The first-order chi connectivity index (χ1) is 19.7. The van der Waals surface area contributed by atoms with Crippen molar-refractivity contribution in [1.29, 1.82) is 0 Å². The lowest BCUT2D eigenvalue weighted by molar-refractivity contribution is -0.00725. The Morgan fingerprint density at radius 1 is 0.325 bits per heavy atom. The van der Waals surface area contributed by atoms with Crippen molar-refractivity contribution in [3.8, 4) is 23.0 Å². The van der Waals surface area contributed by atoms with E-state index in [1.54, 1.807) is 0 Å². The summed E-state index contributed by atoms with van der Waals surface area (Å²) < 4.78 is 58.7. The quantitative estimate of drug-likeness (QED) is 0.392. The van der Waals surface area contributed by atoms with E-state index < -0.39 is 0 Å². The lowest BCUT2D eigenvalue weighted by atomic mass is 10.3. The van der Waals surface area contributed by atoms with Crippen LogP contribution in [-0.4, -0.2) is 106 Å². The highest BCUT2D eigenvalue weighted by molar-refractivity contribution is 9.10. The molecule has 1 heterocycles. The van der Waals surface area contributed by atoms with Crippen molar-refractivity contribution >= 4 is 31.9 Å². The third kappa shape index (κ3) is 14.3. The van der Waals surface area contributed by atoms with Gasteiger partial charge in [-0.25, -0.2) is 0 Å². The molecule has 0 N–H and O–H groups in total. The number of fused-ring (bicyclic) bond motifs is 2. The average molecular weight is 694 g/mol. The molecule has 224 valence electrons. The molecule has 0 radical (unpaired) electrons. The minimum atomic E-state index is 0.380. The van der Waals surface area contributed by atoms with Crippen LogP contribution in [0.3, 0.4) is 0 Å². The van der Waals surface area contributed by atoms with Crippen molar-refractivity contribution in [3.05, 3.63) is 45.3 Å². The molecule has 0 atom stereocenters. The van der Waals surface area contributed by atoms with Crippen LogP contribution in [0.2, 0.25) is 0 Å². The Bertz CT molecular complexity index is 949. The highest BCUT2D eigenvalue weighted by Crippen LogP contribution is 2.31. The number of hydrogen-bond acceptors (Lipinski definition) is 10. The van der Waals surface area contributed by atoms with Gasteiger partial charge in [-0.15, -0.1) is 0 Å². The fourth-order valence-electron chi connectivity index (χ4n) is 3.35. The largest absolute Gasteiger partial charge is 0.487 e. The van der Waals surface area contributed by atoms with Crippen LogP contribution in [-0.2, 0) is 28.4 Å². The van der Waals surface area contributed by atoms with Crippen molar-refractivity contribution in [3.63, 3.8) is 0 Å². The van der Waals surface area contributed by atoms with Crippen molar-refractivity contribution < 1.29 is 47.4 Å². The second-order valence-corrected chi connectivity index (χ2v) is 10.1. The number of rotatable bonds is 0. The zero-order valence-corrected chi connectivity index (χ0v) is 25.8. The summed E-state index contributed by atoms with van der Waals surface area (Å²) in [5.41, 5.74) is 0. The standard InChI is InChI=1S/C28H38Br2O10/c29-23-2-4-26-27(21-23)39-19-15-35-10-8-32-6-5-31-7-9-33-13-17-37-25-3-1-24(30)22-28(25)40-20-16-36-12-11-34-14-18-38-26/h1-4,21-22H,5-20H2. The molecule has 0 bridgehead atoms. The van der Waals surface area contributed by atoms with Gasteiger partial charge in [0.1, 0.15) is 26.4 Å². The molecule has 12 heteroatoms. The molecule has 2 aromatic rings. The Kier molecular flexibility index (Phi) is 17.4. The van der Waals surface area contributed by atoms with Crippen LogP contribution in [0.1, 0.15) is 0 Å². The van der Waals surface area contributed by atoms with Crippen LogP contribution in [0.4, 0.5) is 0 Å². The first-order valence-corrected chi connectivity index (χ1v) is 14.9. The third-order valence-corrected chi connectivity index (χ3v) is 6.23. The monoisotopic (exact) mass is 692 g/mol. The van der Waals surface area contributed by atoms with Gasteiger partial charge in [-0.2, -0.15) is 0 Å². The molecule has 1 aliphatic heterocycles. The Balaban J connectivity index is 1.42. The Hall–Kier alpha value is -1.64. The minimum absolute atomic E-state index is 0.380. The van der Waals surface area contributed by atoms with E-state index in [9.17, 15) is 0 Å². The van der Waals surface area contributed by atoms with Gasteiger partial charge in [0.25, 0.3) is 0 Å². The Labute approximate surface area is 252 Å². The number of hydrogen-bond donors (Lipinski definition) is 0. The Morgan fingerprint density at radius 3 is 0.875 bits per heavy atom. The summed E-state index contributed by atoms with van der Waals surface area (Å²) in [5, 5.41) is 0. The van der Waals surface area contributed by atoms with Gasteiger partial charge in [-0.1, -0.05) is 31.9 Å². The number of halogens is 2. The fourth-order valence-corrected chi connectivity index (χ4v) is 4.03. The molecule has 0 aliphatic carbocycles. The minimum Gasteiger partial charge on any atom is -0.487 e. The number of ether oxygens (including phenoxy) is 10. The van der Waals surface area contributed by atoms with Gasteiger partial charge < -0.3 is 47.4 Å². The molecular formula is C28H38Br2O10. The summed E-state index contributed by atoms with van der Waals surface area (Å²) in [6, 6.07) is 11.3. The average Bonchev–Trinajstić information content (AvgIpc) is 2.95. The normalized spacial score (nSPS) is 18.9. The van der Waals surface area contributed by atoms with Gasteiger partial charge in [-0.3, -0.25) is 0 Å². The molecule has 0 fully saturated rings. The molecule has 0 saturated carbocycles. The maximum Gasteiger partial charge on any atom is 0.162 e. The summed E-state index contributed by atoms with van der Waals surface area (Å²) in [6.07, 6.45) is 0. The smallest absolute Gasteiger partial charge is 0.162 e. The van der Waals surface area contributed by atoms with E-state index in [4.69, 9.17) is 47.4 Å². The maximum atomic E-state index is 5.87. The van der Waals surface area contributed by atoms with Crippen LogP contribution in [0.15, 0.2) is 45.3 Å². The fraction of sp³-hybridized carbons (Fsp3) is 0.571. The lowest BCUT2D eigenvalue weighted by Gasteiger charge is -2.14. The number of benzene rings is 2. The van der Waals surface area contributed by atoms with Crippen LogP contribution in [0, 0.1) is 0 Å². The summed E-state index contributed by atoms with van der Waals surface area (Å²) in [7, 11) is 0. The molecule has 0 saturated heterocycles. The van der Waals surface area contributed by atoms with Crippen molar-refractivity contribution in [2.75, 3.05) is 106 Å². The zero-order valence-electron chi connectivity index (χ0n) is 22.6. The molecule has 0 unspecified atom stereocenters. The highest BCUT2D eigenvalue weighted by Gasteiger charge is 2.08. The van der Waals surface area contributed by atoms with Gasteiger partial charge in [0.15, 0.2) is 23.0 Å². The molecule has 10 nitrogen and oxygen atoms in total. The predicted molar refractivity (Wildman–Crippen MR) is 155 cm³/mol. The summed E-state index contributed by atoms with van der Waals surface area (Å²) >= 11 is 6.95.